The molecule has 1 saturated carbocycles. The Bertz CT molecular complexity index is 716. The van der Waals surface area contributed by atoms with Gasteiger partial charge in [-0.25, -0.2) is 0 Å². The van der Waals surface area contributed by atoms with Crippen LogP contribution in [0.1, 0.15) is 50.6 Å². The third kappa shape index (κ3) is 3.42. The van der Waals surface area contributed by atoms with Crippen LogP contribution in [-0.4, -0.2) is 54.7 Å². The summed E-state index contributed by atoms with van der Waals surface area (Å²) in [5.74, 6) is 1.65. The van der Waals surface area contributed by atoms with E-state index < -0.39 is 0 Å². The van der Waals surface area contributed by atoms with Crippen molar-refractivity contribution in [2.45, 2.75) is 58.0 Å². The number of carbonyl (C=O) groups is 1. The number of cyclic esters (lactones) is 1. The summed E-state index contributed by atoms with van der Waals surface area (Å²) in [6.07, 6.45) is 9.86. The Kier molecular flexibility index (Phi) is 4.82. The molecular weight excluding hydrogens is 350 g/mol. The minimum atomic E-state index is -0.117. The van der Waals surface area contributed by atoms with E-state index >= 15 is 0 Å². The minimum absolute atomic E-state index is 0.110. The summed E-state index contributed by atoms with van der Waals surface area (Å²) >= 11 is 0. The zero-order valence-corrected chi connectivity index (χ0v) is 17.1. The Labute approximate surface area is 168 Å². The normalized spacial score (nSPS) is 32.1. The lowest BCUT2D eigenvalue weighted by Crippen LogP contribution is -2.31. The van der Waals surface area contributed by atoms with Crippen molar-refractivity contribution in [3.63, 3.8) is 0 Å². The van der Waals surface area contributed by atoms with Gasteiger partial charge in [-0.15, -0.1) is 0 Å². The standard InChI is InChI=1S/C23H33N3O2/c1-17-11-20(5-9-24-17)26-15-18-13-25(14-19(18)16-26)10-6-21-12-23(22(27)28-21)7-3-2-4-8-23/h5,9,11,18-19,21H,2-4,6-8,10,12-16H2,1H3. The number of esters is 1. The number of likely N-dealkylation sites (tertiary alicyclic amines) is 1. The molecule has 0 aromatic carbocycles. The predicted molar refractivity (Wildman–Crippen MR) is 109 cm³/mol. The molecular formula is C23H33N3O2. The van der Waals surface area contributed by atoms with Crippen LogP contribution in [0.25, 0.3) is 0 Å². The van der Waals surface area contributed by atoms with Gasteiger partial charge in [0.05, 0.1) is 5.41 Å². The highest BCUT2D eigenvalue weighted by molar-refractivity contribution is 5.79. The first kappa shape index (κ1) is 18.4. The molecule has 28 heavy (non-hydrogen) atoms. The van der Waals surface area contributed by atoms with Crippen LogP contribution < -0.4 is 4.90 Å². The molecule has 0 amide bonds. The van der Waals surface area contributed by atoms with Gasteiger partial charge in [-0.2, -0.15) is 0 Å². The Hall–Kier alpha value is -1.62. The van der Waals surface area contributed by atoms with Crippen molar-refractivity contribution in [3.8, 4) is 0 Å². The molecule has 1 aliphatic carbocycles. The largest absolute Gasteiger partial charge is 0.462 e. The number of pyridine rings is 1. The van der Waals surface area contributed by atoms with E-state index in [-0.39, 0.29) is 17.5 Å². The van der Waals surface area contributed by atoms with Gasteiger partial charge in [0.15, 0.2) is 0 Å². The van der Waals surface area contributed by atoms with Crippen molar-refractivity contribution >= 4 is 11.7 Å². The lowest BCUT2D eigenvalue weighted by molar-refractivity contribution is -0.150. The number of rotatable bonds is 4. The monoisotopic (exact) mass is 383 g/mol. The molecule has 0 bridgehead atoms. The molecule has 3 atom stereocenters. The van der Waals surface area contributed by atoms with Gasteiger partial charge >= 0.3 is 5.97 Å². The van der Waals surface area contributed by atoms with Crippen molar-refractivity contribution in [1.29, 1.82) is 0 Å². The second kappa shape index (κ2) is 7.33. The quantitative estimate of drug-likeness (QED) is 0.746. The topological polar surface area (TPSA) is 45.7 Å². The number of fused-ring (bicyclic) bond motifs is 1. The molecule has 1 aromatic heterocycles. The second-order valence-electron chi connectivity index (χ2n) is 9.70. The zero-order valence-electron chi connectivity index (χ0n) is 17.1. The number of nitrogens with zero attached hydrogens (tertiary/aromatic N) is 3. The number of anilines is 1. The summed E-state index contributed by atoms with van der Waals surface area (Å²) < 4.78 is 5.81. The summed E-state index contributed by atoms with van der Waals surface area (Å²) in [5, 5.41) is 0. The number of ether oxygens (including phenoxy) is 1. The van der Waals surface area contributed by atoms with Gasteiger partial charge in [-0.05, 0) is 50.2 Å². The van der Waals surface area contributed by atoms with Crippen molar-refractivity contribution in [2.75, 3.05) is 37.6 Å². The molecule has 0 radical (unpaired) electrons. The smallest absolute Gasteiger partial charge is 0.312 e. The summed E-state index contributed by atoms with van der Waals surface area (Å²) in [6.45, 7) is 7.84. The Balaban J connectivity index is 1.11. The number of aryl methyl sites for hydroxylation is 1. The molecule has 152 valence electrons. The van der Waals surface area contributed by atoms with Gasteiger partial charge in [0.1, 0.15) is 6.10 Å². The van der Waals surface area contributed by atoms with Crippen LogP contribution in [0.3, 0.4) is 0 Å². The van der Waals surface area contributed by atoms with E-state index in [1.807, 2.05) is 6.20 Å². The third-order valence-corrected chi connectivity index (χ3v) is 7.71. The summed E-state index contributed by atoms with van der Waals surface area (Å²) in [6, 6.07) is 4.34. The number of carbonyl (C=O) groups excluding carboxylic acids is 1. The highest BCUT2D eigenvalue weighted by atomic mass is 16.6. The molecule has 4 heterocycles. The average Bonchev–Trinajstić information content (AvgIpc) is 3.33. The van der Waals surface area contributed by atoms with E-state index in [1.54, 1.807) is 0 Å². The number of hydrogen-bond donors (Lipinski definition) is 0. The molecule has 5 heteroatoms. The molecule has 3 aliphatic heterocycles. The zero-order chi connectivity index (χ0) is 19.1. The summed E-state index contributed by atoms with van der Waals surface area (Å²) in [7, 11) is 0. The number of aromatic nitrogens is 1. The van der Waals surface area contributed by atoms with Crippen LogP contribution in [0.2, 0.25) is 0 Å². The highest BCUT2D eigenvalue weighted by Gasteiger charge is 2.49. The van der Waals surface area contributed by atoms with E-state index in [4.69, 9.17) is 4.74 Å². The first-order valence-corrected chi connectivity index (χ1v) is 11.2. The molecule has 5 rings (SSSR count). The summed E-state index contributed by atoms with van der Waals surface area (Å²) in [5.41, 5.74) is 2.30. The molecule has 4 aliphatic rings. The van der Waals surface area contributed by atoms with Crippen LogP contribution in [0.4, 0.5) is 5.69 Å². The first-order chi connectivity index (χ1) is 13.6. The van der Waals surface area contributed by atoms with E-state index in [0.29, 0.717) is 0 Å². The molecule has 4 fully saturated rings. The predicted octanol–water partition coefficient (Wildman–Crippen LogP) is 3.41. The van der Waals surface area contributed by atoms with Crippen molar-refractivity contribution in [2.24, 2.45) is 17.3 Å². The van der Waals surface area contributed by atoms with Crippen molar-refractivity contribution in [3.05, 3.63) is 24.0 Å². The maximum absolute atomic E-state index is 12.5. The van der Waals surface area contributed by atoms with Crippen LogP contribution in [-0.2, 0) is 9.53 Å². The maximum atomic E-state index is 12.5. The van der Waals surface area contributed by atoms with E-state index in [1.165, 1.54) is 38.0 Å². The summed E-state index contributed by atoms with van der Waals surface area (Å²) in [4.78, 5) is 21.9. The van der Waals surface area contributed by atoms with E-state index in [9.17, 15) is 4.79 Å². The molecule has 1 spiro atoms. The Morgan fingerprint density at radius 1 is 1.14 bits per heavy atom. The Morgan fingerprint density at radius 2 is 1.89 bits per heavy atom. The SMILES string of the molecule is Cc1cc(N2CC3CN(CCC4CC5(CCCCC5)C(=O)O4)CC3C2)ccn1. The van der Waals surface area contributed by atoms with Gasteiger partial charge in [0, 0.05) is 56.7 Å². The third-order valence-electron chi connectivity index (χ3n) is 7.71. The molecule has 3 unspecified atom stereocenters. The molecule has 3 saturated heterocycles. The fourth-order valence-corrected chi connectivity index (χ4v) is 6.17. The van der Waals surface area contributed by atoms with Gasteiger partial charge in [0.25, 0.3) is 0 Å². The van der Waals surface area contributed by atoms with Gasteiger partial charge < -0.3 is 14.5 Å². The van der Waals surface area contributed by atoms with Crippen LogP contribution in [0.15, 0.2) is 18.3 Å². The lowest BCUT2D eigenvalue weighted by Gasteiger charge is -2.28. The average molecular weight is 384 g/mol. The molecule has 1 aromatic rings. The minimum Gasteiger partial charge on any atom is -0.462 e. The van der Waals surface area contributed by atoms with Crippen LogP contribution in [0.5, 0.6) is 0 Å². The van der Waals surface area contributed by atoms with Crippen LogP contribution in [0, 0.1) is 24.2 Å². The maximum Gasteiger partial charge on any atom is 0.312 e. The lowest BCUT2D eigenvalue weighted by atomic mass is 9.72. The number of hydrogen-bond acceptors (Lipinski definition) is 5. The van der Waals surface area contributed by atoms with Gasteiger partial charge in [0.2, 0.25) is 0 Å². The molecule has 0 N–H and O–H groups in total. The fourth-order valence-electron chi connectivity index (χ4n) is 6.17. The second-order valence-corrected chi connectivity index (χ2v) is 9.70. The van der Waals surface area contributed by atoms with Gasteiger partial charge in [-0.1, -0.05) is 19.3 Å². The van der Waals surface area contributed by atoms with Gasteiger partial charge in [-0.3, -0.25) is 9.78 Å². The fraction of sp³-hybridized carbons (Fsp3) is 0.739. The Morgan fingerprint density at radius 3 is 2.61 bits per heavy atom. The first-order valence-electron chi connectivity index (χ1n) is 11.2. The van der Waals surface area contributed by atoms with Crippen LogP contribution >= 0.6 is 0 Å². The van der Waals surface area contributed by atoms with Crippen molar-refractivity contribution < 1.29 is 9.53 Å². The molecule has 5 nitrogen and oxygen atoms in total. The van der Waals surface area contributed by atoms with E-state index in [0.717, 1.165) is 62.8 Å². The van der Waals surface area contributed by atoms with E-state index in [2.05, 4.69) is 33.8 Å². The highest BCUT2D eigenvalue weighted by Crippen LogP contribution is 2.46. The van der Waals surface area contributed by atoms with Crippen molar-refractivity contribution in [1.82, 2.24) is 9.88 Å².